The molecule has 0 aromatic rings. The first-order chi connectivity index (χ1) is 6.36. The Labute approximate surface area is 80.1 Å². The lowest BCUT2D eigenvalue weighted by molar-refractivity contribution is -0.121. The van der Waals surface area contributed by atoms with Crippen LogP contribution in [0.15, 0.2) is 0 Å². The number of carbonyl (C=O) groups is 1. The molecule has 0 spiro atoms. The highest BCUT2D eigenvalue weighted by Crippen LogP contribution is 2.28. The van der Waals surface area contributed by atoms with Crippen LogP contribution in [-0.4, -0.2) is 18.4 Å². The second-order valence-electron chi connectivity index (χ2n) is 4.47. The van der Waals surface area contributed by atoms with E-state index in [1.165, 1.54) is 32.1 Å². The summed E-state index contributed by atoms with van der Waals surface area (Å²) in [6, 6.07) is 0.209. The van der Waals surface area contributed by atoms with Crippen molar-refractivity contribution in [2.75, 3.05) is 6.54 Å². The van der Waals surface area contributed by atoms with Crippen LogP contribution in [0.25, 0.3) is 0 Å². The number of ketones is 1. The van der Waals surface area contributed by atoms with E-state index in [-0.39, 0.29) is 6.04 Å². The Hall–Kier alpha value is -0.370. The van der Waals surface area contributed by atoms with E-state index in [1.54, 1.807) is 0 Å². The first-order valence-electron chi connectivity index (χ1n) is 5.62. The standard InChI is InChI=1S/C11H19NO/c13-11(10-6-3-7-12-10)8-9-4-1-2-5-9/h9-10,12H,1-8H2/t10-/m0/s1. The van der Waals surface area contributed by atoms with Gasteiger partial charge in [-0.2, -0.15) is 0 Å². The molecule has 74 valence electrons. The zero-order valence-corrected chi connectivity index (χ0v) is 8.22. The molecule has 1 saturated heterocycles. The van der Waals surface area contributed by atoms with Gasteiger partial charge in [-0.1, -0.05) is 25.7 Å². The second kappa shape index (κ2) is 4.23. The van der Waals surface area contributed by atoms with E-state index in [1.807, 2.05) is 0 Å². The highest BCUT2D eigenvalue weighted by Gasteiger charge is 2.25. The summed E-state index contributed by atoms with van der Waals surface area (Å²) >= 11 is 0. The molecular weight excluding hydrogens is 162 g/mol. The summed E-state index contributed by atoms with van der Waals surface area (Å²) in [4.78, 5) is 11.7. The van der Waals surface area contributed by atoms with Gasteiger partial charge in [0.1, 0.15) is 5.78 Å². The number of hydrogen-bond acceptors (Lipinski definition) is 2. The topological polar surface area (TPSA) is 29.1 Å². The van der Waals surface area contributed by atoms with Crippen LogP contribution < -0.4 is 5.32 Å². The lowest BCUT2D eigenvalue weighted by Crippen LogP contribution is -2.31. The van der Waals surface area contributed by atoms with Gasteiger partial charge in [0.25, 0.3) is 0 Å². The Balaban J connectivity index is 1.76. The first-order valence-corrected chi connectivity index (χ1v) is 5.62. The van der Waals surface area contributed by atoms with Crippen LogP contribution in [0.2, 0.25) is 0 Å². The van der Waals surface area contributed by atoms with E-state index >= 15 is 0 Å². The predicted octanol–water partition coefficient (Wildman–Crippen LogP) is 1.89. The molecule has 13 heavy (non-hydrogen) atoms. The fourth-order valence-corrected chi connectivity index (χ4v) is 2.60. The smallest absolute Gasteiger partial charge is 0.150 e. The first kappa shape index (κ1) is 9.20. The molecule has 0 unspecified atom stereocenters. The van der Waals surface area contributed by atoms with Crippen molar-refractivity contribution in [3.63, 3.8) is 0 Å². The number of Topliss-reactive ketones (excluding diaryl/α,β-unsaturated/α-hetero) is 1. The lowest BCUT2D eigenvalue weighted by Gasteiger charge is -2.12. The fraction of sp³-hybridized carbons (Fsp3) is 0.909. The molecule has 2 fully saturated rings. The summed E-state index contributed by atoms with van der Waals surface area (Å²) in [5.74, 6) is 1.19. The van der Waals surface area contributed by atoms with Gasteiger partial charge in [0, 0.05) is 6.42 Å². The van der Waals surface area contributed by atoms with E-state index in [4.69, 9.17) is 0 Å². The summed E-state index contributed by atoms with van der Waals surface area (Å²) in [6.07, 6.45) is 8.37. The van der Waals surface area contributed by atoms with Crippen LogP contribution in [0.3, 0.4) is 0 Å². The zero-order valence-electron chi connectivity index (χ0n) is 8.22. The highest BCUT2D eigenvalue weighted by molar-refractivity contribution is 5.84. The number of nitrogens with one attached hydrogen (secondary N) is 1. The lowest BCUT2D eigenvalue weighted by atomic mass is 9.97. The Morgan fingerprint density at radius 3 is 2.54 bits per heavy atom. The largest absolute Gasteiger partial charge is 0.307 e. The van der Waals surface area contributed by atoms with Gasteiger partial charge in [-0.3, -0.25) is 4.79 Å². The summed E-state index contributed by atoms with van der Waals surface area (Å²) < 4.78 is 0. The minimum Gasteiger partial charge on any atom is -0.307 e. The third kappa shape index (κ3) is 2.31. The fourth-order valence-electron chi connectivity index (χ4n) is 2.60. The summed E-state index contributed by atoms with van der Waals surface area (Å²) in [5, 5.41) is 3.28. The highest BCUT2D eigenvalue weighted by atomic mass is 16.1. The molecular formula is C11H19NO. The van der Waals surface area contributed by atoms with Crippen LogP contribution in [-0.2, 0) is 4.79 Å². The van der Waals surface area contributed by atoms with Crippen LogP contribution in [0.1, 0.15) is 44.9 Å². The Bertz CT molecular complexity index is 179. The van der Waals surface area contributed by atoms with Crippen molar-refractivity contribution in [3.8, 4) is 0 Å². The average molecular weight is 181 g/mol. The number of carbonyl (C=O) groups excluding carboxylic acids is 1. The quantitative estimate of drug-likeness (QED) is 0.720. The van der Waals surface area contributed by atoms with E-state index in [0.29, 0.717) is 5.78 Å². The van der Waals surface area contributed by atoms with E-state index < -0.39 is 0 Å². The van der Waals surface area contributed by atoms with Crippen molar-refractivity contribution >= 4 is 5.78 Å². The van der Waals surface area contributed by atoms with Crippen LogP contribution in [0.4, 0.5) is 0 Å². The van der Waals surface area contributed by atoms with Crippen LogP contribution in [0.5, 0.6) is 0 Å². The molecule has 1 aliphatic carbocycles. The van der Waals surface area contributed by atoms with E-state index in [0.717, 1.165) is 25.3 Å². The normalized spacial score (nSPS) is 29.7. The molecule has 0 aromatic heterocycles. The van der Waals surface area contributed by atoms with Gasteiger partial charge < -0.3 is 5.32 Å². The molecule has 2 nitrogen and oxygen atoms in total. The minimum absolute atomic E-state index is 0.209. The van der Waals surface area contributed by atoms with Gasteiger partial charge in [-0.05, 0) is 25.3 Å². The molecule has 0 bridgehead atoms. The van der Waals surface area contributed by atoms with Crippen LogP contribution in [0, 0.1) is 5.92 Å². The van der Waals surface area contributed by atoms with Gasteiger partial charge in [0.2, 0.25) is 0 Å². The molecule has 2 aliphatic rings. The maximum absolute atomic E-state index is 11.7. The van der Waals surface area contributed by atoms with E-state index in [9.17, 15) is 4.79 Å². The monoisotopic (exact) mass is 181 g/mol. The summed E-state index contributed by atoms with van der Waals surface area (Å²) in [5.41, 5.74) is 0. The van der Waals surface area contributed by atoms with E-state index in [2.05, 4.69) is 5.32 Å². The predicted molar refractivity (Wildman–Crippen MR) is 52.6 cm³/mol. The third-order valence-electron chi connectivity index (χ3n) is 3.41. The number of rotatable bonds is 3. The van der Waals surface area contributed by atoms with Crippen molar-refractivity contribution in [1.29, 1.82) is 0 Å². The van der Waals surface area contributed by atoms with Gasteiger partial charge >= 0.3 is 0 Å². The Morgan fingerprint density at radius 1 is 1.15 bits per heavy atom. The van der Waals surface area contributed by atoms with Gasteiger partial charge in [-0.25, -0.2) is 0 Å². The van der Waals surface area contributed by atoms with Crippen molar-refractivity contribution in [2.24, 2.45) is 5.92 Å². The SMILES string of the molecule is O=C(CC1CCCC1)[C@@H]1CCCN1. The van der Waals surface area contributed by atoms with Gasteiger partial charge in [-0.15, -0.1) is 0 Å². The molecule has 0 aromatic carbocycles. The Morgan fingerprint density at radius 2 is 1.92 bits per heavy atom. The molecule has 1 N–H and O–H groups in total. The molecule has 0 amide bonds. The third-order valence-corrected chi connectivity index (χ3v) is 3.41. The maximum atomic E-state index is 11.7. The van der Waals surface area contributed by atoms with Gasteiger partial charge in [0.15, 0.2) is 0 Å². The van der Waals surface area contributed by atoms with Crippen LogP contribution >= 0.6 is 0 Å². The molecule has 2 rings (SSSR count). The summed E-state index contributed by atoms with van der Waals surface area (Å²) in [6.45, 7) is 1.04. The second-order valence-corrected chi connectivity index (χ2v) is 4.47. The molecule has 1 atom stereocenters. The van der Waals surface area contributed by atoms with Crippen molar-refractivity contribution in [1.82, 2.24) is 5.32 Å². The molecule has 2 heteroatoms. The summed E-state index contributed by atoms with van der Waals surface area (Å²) in [7, 11) is 0. The minimum atomic E-state index is 0.209. The Kier molecular flexibility index (Phi) is 2.99. The molecule has 0 radical (unpaired) electrons. The molecule has 1 saturated carbocycles. The molecule has 1 aliphatic heterocycles. The maximum Gasteiger partial charge on any atom is 0.150 e. The molecule has 1 heterocycles. The van der Waals surface area contributed by atoms with Crippen molar-refractivity contribution < 1.29 is 4.79 Å². The number of hydrogen-bond donors (Lipinski definition) is 1. The zero-order chi connectivity index (χ0) is 9.10. The van der Waals surface area contributed by atoms with Crippen molar-refractivity contribution in [2.45, 2.75) is 51.0 Å². The average Bonchev–Trinajstić information content (AvgIpc) is 2.74. The van der Waals surface area contributed by atoms with Crippen molar-refractivity contribution in [3.05, 3.63) is 0 Å². The van der Waals surface area contributed by atoms with Gasteiger partial charge in [0.05, 0.1) is 6.04 Å².